The number of aromatic nitrogens is 3. The number of benzene rings is 1. The van der Waals surface area contributed by atoms with E-state index in [1.165, 1.54) is 18.5 Å². The number of imidazole rings is 1. The second-order valence-electron chi connectivity index (χ2n) is 8.66. The number of urea groups is 1. The van der Waals surface area contributed by atoms with Crippen LogP contribution in [0, 0.1) is 11.3 Å². The van der Waals surface area contributed by atoms with Gasteiger partial charge in [0.2, 0.25) is 0 Å². The molecular weight excluding hydrogens is 473 g/mol. The summed E-state index contributed by atoms with van der Waals surface area (Å²) in [5.41, 5.74) is 0.548. The van der Waals surface area contributed by atoms with Crippen molar-refractivity contribution in [2.24, 2.45) is 7.05 Å². The molecule has 0 aliphatic carbocycles. The minimum Gasteiger partial charge on any atom is -0.493 e. The highest BCUT2D eigenvalue weighted by molar-refractivity contribution is 5.84. The van der Waals surface area contributed by atoms with Gasteiger partial charge in [0.15, 0.2) is 5.69 Å². The predicted molar refractivity (Wildman–Crippen MR) is 127 cm³/mol. The van der Waals surface area contributed by atoms with Gasteiger partial charge in [0, 0.05) is 38.8 Å². The Kier molecular flexibility index (Phi) is 7.33. The Bertz CT molecular complexity index is 1290. The smallest absolute Gasteiger partial charge is 0.419 e. The van der Waals surface area contributed by atoms with Gasteiger partial charge >= 0.3 is 12.2 Å². The lowest BCUT2D eigenvalue weighted by Crippen LogP contribution is -2.42. The van der Waals surface area contributed by atoms with Crippen molar-refractivity contribution in [1.82, 2.24) is 24.3 Å². The average Bonchev–Trinajstić information content (AvgIpc) is 3.53. The van der Waals surface area contributed by atoms with E-state index < -0.39 is 11.7 Å². The molecule has 1 aromatic carbocycles. The number of carbonyl (C=O) groups excluding carboxylic acids is 1. The highest BCUT2D eigenvalue weighted by atomic mass is 19.4. The van der Waals surface area contributed by atoms with Gasteiger partial charge < -0.3 is 19.1 Å². The third kappa shape index (κ3) is 5.22. The minimum absolute atomic E-state index is 0.0318. The van der Waals surface area contributed by atoms with Gasteiger partial charge in [-0.2, -0.15) is 18.4 Å². The highest BCUT2D eigenvalue weighted by Crippen LogP contribution is 2.39. The Morgan fingerprint density at radius 1 is 1.25 bits per heavy atom. The molecule has 0 bridgehead atoms. The van der Waals surface area contributed by atoms with Crippen LogP contribution in [0.2, 0.25) is 0 Å². The number of nitrogens with zero attached hydrogens (tertiary/aromatic N) is 6. The van der Waals surface area contributed by atoms with Crippen LogP contribution in [0.25, 0.3) is 22.3 Å². The van der Waals surface area contributed by atoms with Gasteiger partial charge in [-0.25, -0.2) is 14.8 Å². The van der Waals surface area contributed by atoms with E-state index in [-0.39, 0.29) is 35.3 Å². The number of carbonyl (C=O) groups is 1. The van der Waals surface area contributed by atoms with Crippen molar-refractivity contribution in [3.8, 4) is 23.1 Å². The largest absolute Gasteiger partial charge is 0.493 e. The molecule has 1 aliphatic rings. The van der Waals surface area contributed by atoms with Crippen LogP contribution in [-0.2, 0) is 13.2 Å². The number of amides is 2. The normalized spacial score (nSPS) is 13.7. The predicted octanol–water partition coefficient (Wildman–Crippen LogP) is 4.83. The van der Waals surface area contributed by atoms with Crippen molar-refractivity contribution in [2.45, 2.75) is 32.4 Å². The zero-order chi connectivity index (χ0) is 25.9. The van der Waals surface area contributed by atoms with Crippen LogP contribution in [-0.4, -0.2) is 63.2 Å². The van der Waals surface area contributed by atoms with E-state index in [0.717, 1.165) is 32.0 Å². The van der Waals surface area contributed by atoms with Gasteiger partial charge in [0.1, 0.15) is 17.3 Å². The number of hydrogen-bond donors (Lipinski definition) is 0. The molecule has 8 nitrogen and oxygen atoms in total. The maximum atomic E-state index is 13.9. The van der Waals surface area contributed by atoms with Crippen LogP contribution in [0.1, 0.15) is 37.4 Å². The molecule has 3 heterocycles. The van der Waals surface area contributed by atoms with Crippen LogP contribution >= 0.6 is 0 Å². The number of nitriles is 1. The van der Waals surface area contributed by atoms with Crippen molar-refractivity contribution in [2.75, 3.05) is 32.8 Å². The summed E-state index contributed by atoms with van der Waals surface area (Å²) in [5.74, 6) is -0.290. The quantitative estimate of drug-likeness (QED) is 0.434. The van der Waals surface area contributed by atoms with E-state index in [0.29, 0.717) is 30.5 Å². The molecule has 0 spiro atoms. The zero-order valence-corrected chi connectivity index (χ0v) is 20.2. The third-order valence-corrected chi connectivity index (χ3v) is 6.26. The van der Waals surface area contributed by atoms with Gasteiger partial charge in [-0.3, -0.25) is 0 Å². The summed E-state index contributed by atoms with van der Waals surface area (Å²) in [6, 6.07) is 7.27. The van der Waals surface area contributed by atoms with Crippen molar-refractivity contribution in [1.29, 1.82) is 5.26 Å². The molecule has 1 aliphatic heterocycles. The molecule has 0 atom stereocenters. The maximum absolute atomic E-state index is 13.9. The number of likely N-dealkylation sites (tertiary alicyclic amines) is 1. The fourth-order valence-corrected chi connectivity index (χ4v) is 4.33. The zero-order valence-electron chi connectivity index (χ0n) is 20.2. The first-order valence-electron chi connectivity index (χ1n) is 11.8. The first-order chi connectivity index (χ1) is 17.2. The van der Waals surface area contributed by atoms with Crippen molar-refractivity contribution in [3.63, 3.8) is 0 Å². The minimum atomic E-state index is -4.65. The number of aryl methyl sites for hydroxylation is 1. The van der Waals surface area contributed by atoms with Crippen molar-refractivity contribution >= 4 is 17.1 Å². The molecular formula is C25H27F3N6O2. The van der Waals surface area contributed by atoms with Crippen LogP contribution in [0.4, 0.5) is 18.0 Å². The second kappa shape index (κ2) is 10.4. The fraction of sp³-hybridized carbons (Fsp3) is 0.440. The van der Waals surface area contributed by atoms with Gasteiger partial charge in [0.25, 0.3) is 0 Å². The number of hydrogen-bond acceptors (Lipinski definition) is 5. The second-order valence-corrected chi connectivity index (χ2v) is 8.66. The van der Waals surface area contributed by atoms with E-state index in [4.69, 9.17) is 4.74 Å². The van der Waals surface area contributed by atoms with E-state index in [1.54, 1.807) is 27.5 Å². The number of pyridine rings is 1. The highest BCUT2D eigenvalue weighted by Gasteiger charge is 2.35. The summed E-state index contributed by atoms with van der Waals surface area (Å²) < 4.78 is 48.9. The molecule has 0 radical (unpaired) electrons. The lowest BCUT2D eigenvalue weighted by Gasteiger charge is -2.27. The molecule has 0 saturated carbocycles. The molecule has 1 fully saturated rings. The van der Waals surface area contributed by atoms with Crippen LogP contribution < -0.4 is 4.74 Å². The van der Waals surface area contributed by atoms with Gasteiger partial charge in [-0.15, -0.1) is 0 Å². The Labute approximate surface area is 206 Å². The molecule has 2 amide bonds. The molecule has 36 heavy (non-hydrogen) atoms. The molecule has 3 aromatic rings. The number of fused-ring (bicyclic) bond motifs is 1. The Hall–Kier alpha value is -3.81. The molecule has 2 aromatic heterocycles. The van der Waals surface area contributed by atoms with Crippen LogP contribution in [0.5, 0.6) is 5.75 Å². The van der Waals surface area contributed by atoms with Crippen molar-refractivity contribution < 1.29 is 22.7 Å². The Morgan fingerprint density at radius 3 is 2.67 bits per heavy atom. The molecule has 4 rings (SSSR count). The number of alkyl halides is 3. The average molecular weight is 501 g/mol. The number of ether oxygens (including phenoxy) is 1. The Morgan fingerprint density at radius 2 is 2.00 bits per heavy atom. The lowest BCUT2D eigenvalue weighted by atomic mass is 10.1. The molecule has 190 valence electrons. The van der Waals surface area contributed by atoms with Gasteiger partial charge in [0.05, 0.1) is 29.7 Å². The van der Waals surface area contributed by atoms with E-state index in [9.17, 15) is 23.2 Å². The standard InChI is InChI=1S/C25H27F3N6O2/c1-3-33(24(35)34-9-4-5-10-34)11-6-12-36-22-8-7-17(13-18(22)25(26,27)28)19-14-21-23(20(15-29)31-19)30-16-32(21)2/h7-8,13-14,16H,3-6,9-12H2,1-2H3. The van der Waals surface area contributed by atoms with E-state index in [1.807, 2.05) is 13.0 Å². The monoisotopic (exact) mass is 500 g/mol. The van der Waals surface area contributed by atoms with Gasteiger partial charge in [-0.1, -0.05) is 0 Å². The first-order valence-corrected chi connectivity index (χ1v) is 11.8. The number of halogens is 3. The molecule has 0 unspecified atom stereocenters. The Balaban J connectivity index is 1.50. The summed E-state index contributed by atoms with van der Waals surface area (Å²) in [4.78, 5) is 24.4. The van der Waals surface area contributed by atoms with Crippen molar-refractivity contribution in [3.05, 3.63) is 41.9 Å². The fourth-order valence-electron chi connectivity index (χ4n) is 4.33. The third-order valence-electron chi connectivity index (χ3n) is 6.26. The van der Waals surface area contributed by atoms with Gasteiger partial charge in [-0.05, 0) is 50.5 Å². The summed E-state index contributed by atoms with van der Waals surface area (Å²) in [6.07, 6.45) is -0.747. The summed E-state index contributed by atoms with van der Waals surface area (Å²) in [6.45, 7) is 4.32. The summed E-state index contributed by atoms with van der Waals surface area (Å²) in [5, 5.41) is 9.43. The number of rotatable bonds is 7. The van der Waals surface area contributed by atoms with Crippen LogP contribution in [0.3, 0.4) is 0 Å². The molecule has 11 heteroatoms. The van der Waals surface area contributed by atoms with E-state index >= 15 is 0 Å². The lowest BCUT2D eigenvalue weighted by molar-refractivity contribution is -0.138. The maximum Gasteiger partial charge on any atom is 0.419 e. The summed E-state index contributed by atoms with van der Waals surface area (Å²) in [7, 11) is 1.73. The first kappa shape index (κ1) is 25.3. The van der Waals surface area contributed by atoms with Crippen LogP contribution in [0.15, 0.2) is 30.6 Å². The molecule has 0 N–H and O–H groups in total. The topological polar surface area (TPSA) is 87.3 Å². The molecule has 1 saturated heterocycles. The summed E-state index contributed by atoms with van der Waals surface area (Å²) >= 11 is 0. The SMILES string of the molecule is CCN(CCCOc1ccc(-c2cc3c(ncn3C)c(C#N)n2)cc1C(F)(F)F)C(=O)N1CCCC1. The van der Waals surface area contributed by atoms with E-state index in [2.05, 4.69) is 9.97 Å².